The number of hydrogen-bond donors (Lipinski definition) is 2. The maximum atomic E-state index is 12.8. The van der Waals surface area contributed by atoms with Crippen LogP contribution >= 0.6 is 11.6 Å². The first-order chi connectivity index (χ1) is 14.1. The molecule has 0 unspecified atom stereocenters. The van der Waals surface area contributed by atoms with Gasteiger partial charge in [0.1, 0.15) is 5.15 Å². The van der Waals surface area contributed by atoms with Crippen molar-refractivity contribution in [3.8, 4) is 11.3 Å². The highest BCUT2D eigenvalue weighted by atomic mass is 35.5. The summed E-state index contributed by atoms with van der Waals surface area (Å²) in [4.78, 5) is 8.83. The van der Waals surface area contributed by atoms with Gasteiger partial charge in [-0.3, -0.25) is 0 Å². The van der Waals surface area contributed by atoms with Gasteiger partial charge in [0.05, 0.1) is 10.6 Å². The second-order valence-electron chi connectivity index (χ2n) is 7.67. The zero-order valence-electron chi connectivity index (χ0n) is 17.3. The fraction of sp³-hybridized carbons (Fsp3) is 0.273. The molecule has 0 saturated carbocycles. The Balaban J connectivity index is 2.16. The van der Waals surface area contributed by atoms with E-state index in [1.807, 2.05) is 38.1 Å². The first-order valence-corrected chi connectivity index (χ1v) is 11.5. The Morgan fingerprint density at radius 3 is 2.30 bits per heavy atom. The van der Waals surface area contributed by atoms with Crippen LogP contribution in [0.15, 0.2) is 53.4 Å². The van der Waals surface area contributed by atoms with E-state index >= 15 is 0 Å². The van der Waals surface area contributed by atoms with Crippen molar-refractivity contribution in [2.75, 3.05) is 10.5 Å². The third kappa shape index (κ3) is 4.57. The van der Waals surface area contributed by atoms with Crippen molar-refractivity contribution in [3.63, 3.8) is 0 Å². The molecule has 158 valence electrons. The molecular formula is C22H25ClN4O2S. The second-order valence-corrected chi connectivity index (χ2v) is 9.72. The van der Waals surface area contributed by atoms with Crippen LogP contribution in [0.2, 0.25) is 5.15 Å². The molecule has 0 amide bonds. The maximum Gasteiger partial charge on any atom is 0.264 e. The second kappa shape index (κ2) is 8.62. The van der Waals surface area contributed by atoms with Crippen molar-refractivity contribution >= 4 is 33.3 Å². The van der Waals surface area contributed by atoms with Crippen LogP contribution in [-0.2, 0) is 10.0 Å². The smallest absolute Gasteiger partial charge is 0.264 e. The highest BCUT2D eigenvalue weighted by Gasteiger charge is 2.23. The summed E-state index contributed by atoms with van der Waals surface area (Å²) in [6.45, 7) is 8.20. The van der Waals surface area contributed by atoms with Gasteiger partial charge in [0.25, 0.3) is 10.0 Å². The lowest BCUT2D eigenvalue weighted by Gasteiger charge is -2.19. The van der Waals surface area contributed by atoms with Gasteiger partial charge in [-0.1, -0.05) is 69.6 Å². The summed E-state index contributed by atoms with van der Waals surface area (Å²) in [5.74, 6) is 0.218. The number of halogens is 1. The van der Waals surface area contributed by atoms with Gasteiger partial charge in [0, 0.05) is 16.8 Å². The molecule has 0 aliphatic heterocycles. The first kappa shape index (κ1) is 22.1. The lowest BCUT2D eigenvalue weighted by molar-refractivity contribution is 0.601. The van der Waals surface area contributed by atoms with E-state index in [9.17, 15) is 8.42 Å². The molecule has 3 rings (SSSR count). The normalized spacial score (nSPS) is 11.8. The van der Waals surface area contributed by atoms with Crippen LogP contribution in [0.3, 0.4) is 0 Å². The summed E-state index contributed by atoms with van der Waals surface area (Å²) in [6, 6.07) is 13.9. The number of benzene rings is 2. The average molecular weight is 445 g/mol. The van der Waals surface area contributed by atoms with Crippen LogP contribution in [0, 0.1) is 0 Å². The Kier molecular flexibility index (Phi) is 6.33. The molecule has 30 heavy (non-hydrogen) atoms. The standard InChI is InChI=1S/C22H25ClN4O2S/c1-13(2)17-10-5-6-11-18(17)20-19(14(3)4)21(23)26-22(25-20)27-30(28,29)16-9-7-8-15(24)12-16/h5-14H,24H2,1-4H3,(H,25,26,27). The predicted molar refractivity (Wildman–Crippen MR) is 122 cm³/mol. The topological polar surface area (TPSA) is 98.0 Å². The molecule has 0 bridgehead atoms. The Labute approximate surface area is 182 Å². The molecule has 1 heterocycles. The summed E-state index contributed by atoms with van der Waals surface area (Å²) >= 11 is 6.51. The molecule has 1 aromatic heterocycles. The molecule has 0 saturated heterocycles. The van der Waals surface area contributed by atoms with Gasteiger partial charge < -0.3 is 5.73 Å². The quantitative estimate of drug-likeness (QED) is 0.390. The van der Waals surface area contributed by atoms with Gasteiger partial charge in [-0.2, -0.15) is 4.98 Å². The van der Waals surface area contributed by atoms with E-state index < -0.39 is 10.0 Å². The third-order valence-corrected chi connectivity index (χ3v) is 6.32. The van der Waals surface area contributed by atoms with Crippen LogP contribution in [0.1, 0.15) is 50.7 Å². The number of nitrogens with zero attached hydrogens (tertiary/aromatic N) is 2. The van der Waals surface area contributed by atoms with Gasteiger partial charge >= 0.3 is 0 Å². The number of rotatable bonds is 6. The van der Waals surface area contributed by atoms with Crippen LogP contribution < -0.4 is 10.5 Å². The minimum absolute atomic E-state index is 0.0271. The zero-order valence-corrected chi connectivity index (χ0v) is 18.9. The number of anilines is 2. The molecule has 3 N–H and O–H groups in total. The van der Waals surface area contributed by atoms with E-state index in [-0.39, 0.29) is 27.8 Å². The Morgan fingerprint density at radius 1 is 0.967 bits per heavy atom. The van der Waals surface area contributed by atoms with E-state index in [1.165, 1.54) is 12.1 Å². The van der Waals surface area contributed by atoms with Gasteiger partial charge in [-0.15, -0.1) is 0 Å². The van der Waals surface area contributed by atoms with Crippen molar-refractivity contribution in [1.82, 2.24) is 9.97 Å². The summed E-state index contributed by atoms with van der Waals surface area (Å²) in [5.41, 5.74) is 9.48. The molecule has 3 aromatic rings. The molecule has 0 aliphatic rings. The van der Waals surface area contributed by atoms with Gasteiger partial charge in [0.2, 0.25) is 5.95 Å². The fourth-order valence-electron chi connectivity index (χ4n) is 3.28. The highest BCUT2D eigenvalue weighted by molar-refractivity contribution is 7.92. The lowest BCUT2D eigenvalue weighted by atomic mass is 9.91. The van der Waals surface area contributed by atoms with E-state index in [1.54, 1.807) is 12.1 Å². The molecular weight excluding hydrogens is 420 g/mol. The van der Waals surface area contributed by atoms with E-state index in [2.05, 4.69) is 28.5 Å². The summed E-state index contributed by atoms with van der Waals surface area (Å²) < 4.78 is 28.1. The van der Waals surface area contributed by atoms with Crippen LogP contribution in [0.25, 0.3) is 11.3 Å². The van der Waals surface area contributed by atoms with E-state index in [0.717, 1.165) is 16.7 Å². The number of hydrogen-bond acceptors (Lipinski definition) is 5. The molecule has 6 nitrogen and oxygen atoms in total. The third-order valence-electron chi connectivity index (χ3n) is 4.71. The molecule has 8 heteroatoms. The molecule has 0 fully saturated rings. The highest BCUT2D eigenvalue weighted by Crippen LogP contribution is 2.37. The molecule has 0 radical (unpaired) electrons. The number of nitrogens with two attached hydrogens (primary N) is 1. The Hall–Kier alpha value is -2.64. The average Bonchev–Trinajstić information content (AvgIpc) is 2.66. The van der Waals surface area contributed by atoms with Gasteiger partial charge in [-0.05, 0) is 35.6 Å². The molecule has 0 atom stereocenters. The van der Waals surface area contributed by atoms with Crippen molar-refractivity contribution in [1.29, 1.82) is 0 Å². The zero-order chi connectivity index (χ0) is 22.1. The predicted octanol–water partition coefficient (Wildman–Crippen LogP) is 5.43. The molecule has 2 aromatic carbocycles. The van der Waals surface area contributed by atoms with Crippen molar-refractivity contribution < 1.29 is 8.42 Å². The summed E-state index contributed by atoms with van der Waals surface area (Å²) in [7, 11) is -3.92. The fourth-order valence-corrected chi connectivity index (χ4v) is 4.67. The van der Waals surface area contributed by atoms with Crippen molar-refractivity contribution in [2.24, 2.45) is 0 Å². The Morgan fingerprint density at radius 2 is 1.67 bits per heavy atom. The minimum atomic E-state index is -3.92. The van der Waals surface area contributed by atoms with Crippen LogP contribution in [-0.4, -0.2) is 18.4 Å². The lowest BCUT2D eigenvalue weighted by Crippen LogP contribution is -2.16. The minimum Gasteiger partial charge on any atom is -0.399 e. The SMILES string of the molecule is CC(C)c1ccccc1-c1nc(NS(=O)(=O)c2cccc(N)c2)nc(Cl)c1C(C)C. The van der Waals surface area contributed by atoms with Crippen molar-refractivity contribution in [2.45, 2.75) is 44.4 Å². The maximum absolute atomic E-state index is 12.8. The number of nitrogens with one attached hydrogen (secondary N) is 1. The Bertz CT molecular complexity index is 1180. The first-order valence-electron chi connectivity index (χ1n) is 9.65. The van der Waals surface area contributed by atoms with E-state index in [4.69, 9.17) is 17.3 Å². The van der Waals surface area contributed by atoms with Crippen molar-refractivity contribution in [3.05, 3.63) is 64.8 Å². The molecule has 0 spiro atoms. The van der Waals surface area contributed by atoms with Crippen LogP contribution in [0.4, 0.5) is 11.6 Å². The number of sulfonamides is 1. The number of aromatic nitrogens is 2. The summed E-state index contributed by atoms with van der Waals surface area (Å²) in [5, 5.41) is 0.221. The van der Waals surface area contributed by atoms with Crippen LogP contribution in [0.5, 0.6) is 0 Å². The van der Waals surface area contributed by atoms with E-state index in [0.29, 0.717) is 11.4 Å². The molecule has 0 aliphatic carbocycles. The van der Waals surface area contributed by atoms with Gasteiger partial charge in [0.15, 0.2) is 0 Å². The number of nitrogen functional groups attached to an aromatic ring is 1. The monoisotopic (exact) mass is 444 g/mol. The largest absolute Gasteiger partial charge is 0.399 e. The summed E-state index contributed by atoms with van der Waals surface area (Å²) in [6.07, 6.45) is 0. The van der Waals surface area contributed by atoms with Gasteiger partial charge in [-0.25, -0.2) is 18.1 Å².